The van der Waals surface area contributed by atoms with Crippen molar-refractivity contribution in [3.05, 3.63) is 35.9 Å². The van der Waals surface area contributed by atoms with E-state index < -0.39 is 40.5 Å². The van der Waals surface area contributed by atoms with Crippen LogP contribution in [0.5, 0.6) is 0 Å². The summed E-state index contributed by atoms with van der Waals surface area (Å²) < 4.78 is 10.8. The highest BCUT2D eigenvalue weighted by Gasteiger charge is 2.85. The van der Waals surface area contributed by atoms with E-state index in [4.69, 9.17) is 15.2 Å². The third kappa shape index (κ3) is 3.57. The smallest absolute Gasteiger partial charge is 0.410 e. The third-order valence-electron chi connectivity index (χ3n) is 5.81. The molecule has 2 fully saturated rings. The molecule has 0 bridgehead atoms. The Morgan fingerprint density at radius 1 is 1.24 bits per heavy atom. The van der Waals surface area contributed by atoms with Gasteiger partial charge in [0.1, 0.15) is 12.2 Å². The number of hydrogen-bond donors (Lipinski definition) is 2. The summed E-state index contributed by atoms with van der Waals surface area (Å²) in [7, 11) is 0. The molecule has 2 aliphatic rings. The molecule has 3 unspecified atom stereocenters. The van der Waals surface area contributed by atoms with Crippen LogP contribution >= 0.6 is 0 Å². The van der Waals surface area contributed by atoms with Crippen LogP contribution < -0.4 is 5.73 Å². The summed E-state index contributed by atoms with van der Waals surface area (Å²) in [5.74, 6) is -2.15. The lowest BCUT2D eigenvalue weighted by molar-refractivity contribution is -0.172. The first-order valence-corrected chi connectivity index (χ1v) is 9.73. The summed E-state index contributed by atoms with van der Waals surface area (Å²) in [5.41, 5.74) is 3.31. The molecule has 1 heterocycles. The zero-order valence-corrected chi connectivity index (χ0v) is 17.0. The molecule has 1 aromatic rings. The molecular formula is C21H28N2O6. The second-order valence-electron chi connectivity index (χ2n) is 8.81. The van der Waals surface area contributed by atoms with E-state index >= 15 is 0 Å². The van der Waals surface area contributed by atoms with Gasteiger partial charge in [0.2, 0.25) is 0 Å². The number of carboxylic acid groups (broad SMARTS) is 1. The molecule has 3 atom stereocenters. The minimum atomic E-state index is -1.85. The fourth-order valence-electron chi connectivity index (χ4n) is 4.38. The first-order chi connectivity index (χ1) is 13.5. The van der Waals surface area contributed by atoms with Gasteiger partial charge in [0.25, 0.3) is 0 Å². The maximum Gasteiger partial charge on any atom is 0.410 e. The maximum absolute atomic E-state index is 12.8. The van der Waals surface area contributed by atoms with Crippen molar-refractivity contribution >= 4 is 18.0 Å². The first kappa shape index (κ1) is 21.1. The third-order valence-corrected chi connectivity index (χ3v) is 5.81. The molecule has 1 aliphatic carbocycles. The SMILES string of the molecule is CC(C)(C)OC(=O)C1(C(=O)O)C(N)C12CCCN(C(=O)OCc1ccccc1)C2. The van der Waals surface area contributed by atoms with E-state index in [1.165, 1.54) is 4.90 Å². The number of hydrogen-bond acceptors (Lipinski definition) is 6. The van der Waals surface area contributed by atoms with Gasteiger partial charge in [-0.15, -0.1) is 0 Å². The van der Waals surface area contributed by atoms with E-state index in [2.05, 4.69) is 0 Å². The molecule has 1 amide bonds. The Morgan fingerprint density at radius 2 is 1.90 bits per heavy atom. The van der Waals surface area contributed by atoms with Gasteiger partial charge in [0, 0.05) is 24.5 Å². The predicted molar refractivity (Wildman–Crippen MR) is 104 cm³/mol. The van der Waals surface area contributed by atoms with Crippen LogP contribution in [0.4, 0.5) is 4.79 Å². The highest BCUT2D eigenvalue weighted by molar-refractivity contribution is 6.06. The average Bonchev–Trinajstić information content (AvgIpc) is 3.16. The number of nitrogens with zero attached hydrogens (tertiary/aromatic N) is 1. The number of carbonyl (C=O) groups is 3. The molecule has 3 rings (SSSR count). The number of likely N-dealkylation sites (tertiary alicyclic amines) is 1. The number of nitrogens with two attached hydrogens (primary N) is 1. The Hall–Kier alpha value is -2.61. The molecule has 3 N–H and O–H groups in total. The fourth-order valence-corrected chi connectivity index (χ4v) is 4.38. The van der Waals surface area contributed by atoms with Gasteiger partial charge < -0.3 is 25.2 Å². The number of piperidine rings is 1. The molecule has 8 nitrogen and oxygen atoms in total. The molecule has 1 saturated carbocycles. The van der Waals surface area contributed by atoms with Crippen LogP contribution in [0.2, 0.25) is 0 Å². The normalized spacial score (nSPS) is 28.7. The van der Waals surface area contributed by atoms with Gasteiger partial charge in [0.05, 0.1) is 0 Å². The zero-order chi connectivity index (χ0) is 21.4. The van der Waals surface area contributed by atoms with Crippen LogP contribution in [0.1, 0.15) is 39.2 Å². The number of aliphatic carboxylic acids is 1. The van der Waals surface area contributed by atoms with Crippen LogP contribution in [-0.2, 0) is 25.7 Å². The number of benzene rings is 1. The number of ether oxygens (including phenoxy) is 2. The zero-order valence-electron chi connectivity index (χ0n) is 17.0. The summed E-state index contributed by atoms with van der Waals surface area (Å²) in [4.78, 5) is 39.0. The Bertz CT molecular complexity index is 805. The molecular weight excluding hydrogens is 376 g/mol. The molecule has 1 aromatic carbocycles. The molecule has 1 saturated heterocycles. The van der Waals surface area contributed by atoms with Crippen LogP contribution in [0.15, 0.2) is 30.3 Å². The van der Waals surface area contributed by atoms with E-state index in [9.17, 15) is 19.5 Å². The van der Waals surface area contributed by atoms with Crippen molar-refractivity contribution in [3.63, 3.8) is 0 Å². The topological polar surface area (TPSA) is 119 Å². The minimum absolute atomic E-state index is 0.0489. The lowest BCUT2D eigenvalue weighted by Gasteiger charge is -2.34. The Kier molecular flexibility index (Phi) is 5.34. The lowest BCUT2D eigenvalue weighted by atomic mass is 9.85. The molecule has 8 heteroatoms. The quantitative estimate of drug-likeness (QED) is 0.583. The van der Waals surface area contributed by atoms with Crippen LogP contribution in [0.3, 0.4) is 0 Å². The predicted octanol–water partition coefficient (Wildman–Crippen LogP) is 2.16. The summed E-state index contributed by atoms with van der Waals surface area (Å²) in [6.07, 6.45) is 0.421. The molecule has 158 valence electrons. The number of carboxylic acids is 1. The van der Waals surface area contributed by atoms with Crippen molar-refractivity contribution in [3.8, 4) is 0 Å². The van der Waals surface area contributed by atoms with Crippen molar-refractivity contribution in [1.29, 1.82) is 0 Å². The second kappa shape index (κ2) is 7.33. The van der Waals surface area contributed by atoms with Crippen LogP contribution in [-0.4, -0.2) is 52.8 Å². The highest BCUT2D eigenvalue weighted by Crippen LogP contribution is 2.67. The van der Waals surface area contributed by atoms with Gasteiger partial charge >= 0.3 is 18.0 Å². The number of esters is 1. The molecule has 29 heavy (non-hydrogen) atoms. The Labute approximate surface area is 169 Å². The first-order valence-electron chi connectivity index (χ1n) is 9.73. The molecule has 0 aromatic heterocycles. The summed E-state index contributed by atoms with van der Waals surface area (Å²) in [6.45, 7) is 5.62. The van der Waals surface area contributed by atoms with Gasteiger partial charge in [-0.25, -0.2) is 4.79 Å². The van der Waals surface area contributed by atoms with Gasteiger partial charge in [-0.2, -0.15) is 0 Å². The largest absolute Gasteiger partial charge is 0.480 e. The molecule has 1 spiro atoms. The van der Waals surface area contributed by atoms with E-state index in [1.54, 1.807) is 20.8 Å². The van der Waals surface area contributed by atoms with Gasteiger partial charge in [-0.3, -0.25) is 9.59 Å². The van der Waals surface area contributed by atoms with E-state index in [0.717, 1.165) is 5.56 Å². The minimum Gasteiger partial charge on any atom is -0.480 e. The van der Waals surface area contributed by atoms with Gasteiger partial charge in [0.15, 0.2) is 5.41 Å². The van der Waals surface area contributed by atoms with Crippen molar-refractivity contribution in [2.24, 2.45) is 16.6 Å². The van der Waals surface area contributed by atoms with Crippen molar-refractivity contribution in [2.45, 2.75) is 51.9 Å². The Balaban J connectivity index is 1.75. The summed E-state index contributed by atoms with van der Waals surface area (Å²) in [6, 6.07) is 8.34. The molecule has 0 radical (unpaired) electrons. The maximum atomic E-state index is 12.8. The number of carbonyl (C=O) groups excluding carboxylic acids is 2. The van der Waals surface area contributed by atoms with Crippen molar-refractivity contribution in [1.82, 2.24) is 4.90 Å². The summed E-state index contributed by atoms with van der Waals surface area (Å²) in [5, 5.41) is 9.92. The van der Waals surface area contributed by atoms with E-state index in [-0.39, 0.29) is 13.2 Å². The second-order valence-corrected chi connectivity index (χ2v) is 8.81. The Morgan fingerprint density at radius 3 is 2.48 bits per heavy atom. The molecule has 1 aliphatic heterocycles. The standard InChI is InChI=1S/C21H28N2O6/c1-19(2,3)29-17(26)21(16(24)25)15(22)20(21)10-7-11-23(13-20)18(27)28-12-14-8-5-4-6-9-14/h4-6,8-9,15H,7,10-13,22H2,1-3H3,(H,24,25). The number of amides is 1. The van der Waals surface area contributed by atoms with Gasteiger partial charge in [-0.05, 0) is 39.2 Å². The van der Waals surface area contributed by atoms with Crippen LogP contribution in [0.25, 0.3) is 0 Å². The van der Waals surface area contributed by atoms with Gasteiger partial charge in [-0.1, -0.05) is 30.3 Å². The van der Waals surface area contributed by atoms with E-state index in [1.807, 2.05) is 30.3 Å². The van der Waals surface area contributed by atoms with E-state index in [0.29, 0.717) is 19.4 Å². The number of rotatable bonds is 4. The van der Waals surface area contributed by atoms with Crippen molar-refractivity contribution < 1.29 is 29.0 Å². The average molecular weight is 404 g/mol. The van der Waals surface area contributed by atoms with Crippen LogP contribution in [0, 0.1) is 10.8 Å². The highest BCUT2D eigenvalue weighted by atomic mass is 16.6. The summed E-state index contributed by atoms with van der Waals surface area (Å²) >= 11 is 0. The fraction of sp³-hybridized carbons (Fsp3) is 0.571. The monoisotopic (exact) mass is 404 g/mol. The lowest BCUT2D eigenvalue weighted by Crippen LogP contribution is -2.47. The van der Waals surface area contributed by atoms with Crippen molar-refractivity contribution in [2.75, 3.05) is 13.1 Å².